The molecule has 7 heteroatoms. The van der Waals surface area contributed by atoms with Crippen LogP contribution in [0.4, 0.5) is 4.39 Å². The molecular weight excluding hydrogens is 419 g/mol. The average molecular weight is 455 g/mol. The second kappa shape index (κ2) is 7.79. The molecule has 2 N–H and O–H groups in total. The molecule has 2 aromatic rings. The molecular formula is C26H35FN4O2. The Morgan fingerprint density at radius 2 is 1.94 bits per heavy atom. The lowest BCUT2D eigenvalue weighted by Gasteiger charge is -2.61. The molecule has 0 unspecified atom stereocenters. The quantitative estimate of drug-likeness (QED) is 0.727. The molecule has 4 aliphatic rings. The average Bonchev–Trinajstić information content (AvgIpc) is 3.37. The van der Waals surface area contributed by atoms with Gasteiger partial charge in [0.2, 0.25) is 0 Å². The fraction of sp³-hybridized carbons (Fsp3) is 0.654. The Balaban J connectivity index is 1.30. The molecule has 6 nitrogen and oxygen atoms in total. The molecule has 2 bridgehead atoms. The van der Waals surface area contributed by atoms with Gasteiger partial charge in [-0.3, -0.25) is 9.58 Å². The molecule has 0 radical (unpaired) electrons. The fourth-order valence-corrected chi connectivity index (χ4v) is 7.04. The van der Waals surface area contributed by atoms with Gasteiger partial charge < -0.3 is 15.1 Å². The normalized spacial score (nSPS) is 36.2. The number of aryl methyl sites for hydroxylation is 1. The zero-order chi connectivity index (χ0) is 22.8. The molecule has 178 valence electrons. The molecule has 33 heavy (non-hydrogen) atoms. The third kappa shape index (κ3) is 3.51. The lowest BCUT2D eigenvalue weighted by molar-refractivity contribution is -0.149. The van der Waals surface area contributed by atoms with Crippen molar-refractivity contribution in [3.8, 4) is 5.75 Å². The first-order chi connectivity index (χ1) is 15.9. The van der Waals surface area contributed by atoms with Crippen LogP contribution in [0.15, 0.2) is 30.6 Å². The van der Waals surface area contributed by atoms with Crippen LogP contribution in [0.5, 0.6) is 5.75 Å². The molecule has 1 saturated carbocycles. The molecule has 0 amide bonds. The van der Waals surface area contributed by atoms with Crippen molar-refractivity contribution in [3.05, 3.63) is 47.3 Å². The molecule has 3 fully saturated rings. The summed E-state index contributed by atoms with van der Waals surface area (Å²) in [6.45, 7) is 7.19. The van der Waals surface area contributed by atoms with E-state index in [9.17, 15) is 14.6 Å². The Hall–Kier alpha value is -1.96. The third-order valence-corrected chi connectivity index (χ3v) is 9.05. The number of fused-ring (bicyclic) bond motifs is 1. The summed E-state index contributed by atoms with van der Waals surface area (Å²) in [6, 6.07) is 5.73. The van der Waals surface area contributed by atoms with E-state index in [4.69, 9.17) is 0 Å². The number of phenolic OH excluding ortho intramolecular Hbond substituents is 1. The lowest BCUT2D eigenvalue weighted by Crippen LogP contribution is -2.71. The van der Waals surface area contributed by atoms with E-state index in [-0.39, 0.29) is 23.1 Å². The zero-order valence-corrected chi connectivity index (χ0v) is 19.5. The fourth-order valence-electron chi connectivity index (χ4n) is 7.04. The smallest absolute Gasteiger partial charge is 0.115 e. The van der Waals surface area contributed by atoms with Gasteiger partial charge in [0, 0.05) is 43.2 Å². The lowest BCUT2D eigenvalue weighted by atomic mass is 9.52. The molecule has 1 aromatic carbocycles. The van der Waals surface area contributed by atoms with Crippen molar-refractivity contribution in [1.82, 2.24) is 19.6 Å². The standard InChI is InChI=1S/C26H35FN4O2/c1-18-15-28-31(16-18)11-10-29-7-4-25-5-9-30(17-20-12-23(20)27)24(26(25,33)6-8-29)13-19-2-3-21(32)14-22(19)25/h2-3,14-16,20,23-24,32-33H,4-13,17H2,1H3/t20-,23-,24+,25-,26+/m0/s1. The van der Waals surface area contributed by atoms with Crippen LogP contribution in [0, 0.1) is 12.8 Å². The highest BCUT2D eigenvalue weighted by molar-refractivity contribution is 5.48. The van der Waals surface area contributed by atoms with E-state index in [1.165, 1.54) is 11.1 Å². The summed E-state index contributed by atoms with van der Waals surface area (Å²) in [5.74, 6) is 0.405. The van der Waals surface area contributed by atoms with Crippen LogP contribution in [0.25, 0.3) is 0 Å². The van der Waals surface area contributed by atoms with Gasteiger partial charge in [0.05, 0.1) is 18.3 Å². The number of nitrogens with zero attached hydrogens (tertiary/aromatic N) is 4. The van der Waals surface area contributed by atoms with Gasteiger partial charge in [-0.05, 0) is 80.9 Å². The summed E-state index contributed by atoms with van der Waals surface area (Å²) in [7, 11) is 0. The van der Waals surface area contributed by atoms with Gasteiger partial charge in [0.15, 0.2) is 0 Å². The Bertz CT molecular complexity index is 1040. The van der Waals surface area contributed by atoms with E-state index in [2.05, 4.69) is 28.0 Å². The number of benzene rings is 1. The number of phenols is 1. The summed E-state index contributed by atoms with van der Waals surface area (Å²) in [5.41, 5.74) is 2.31. The van der Waals surface area contributed by atoms with Gasteiger partial charge >= 0.3 is 0 Å². The van der Waals surface area contributed by atoms with Crippen molar-refractivity contribution in [2.24, 2.45) is 5.92 Å². The topological polar surface area (TPSA) is 64.8 Å². The molecule has 6 rings (SSSR count). The van der Waals surface area contributed by atoms with Crippen LogP contribution < -0.4 is 0 Å². The molecule has 0 spiro atoms. The number of hydrogen-bond donors (Lipinski definition) is 2. The van der Waals surface area contributed by atoms with Crippen LogP contribution in [0.3, 0.4) is 0 Å². The van der Waals surface area contributed by atoms with E-state index in [0.717, 1.165) is 64.1 Å². The number of aromatic hydroxyl groups is 1. The van der Waals surface area contributed by atoms with Crippen molar-refractivity contribution in [2.75, 3.05) is 32.7 Å². The minimum absolute atomic E-state index is 0.00445. The van der Waals surface area contributed by atoms with Gasteiger partial charge in [-0.25, -0.2) is 4.39 Å². The maximum absolute atomic E-state index is 13.8. The van der Waals surface area contributed by atoms with Crippen LogP contribution in [0.1, 0.15) is 42.4 Å². The highest BCUT2D eigenvalue weighted by Crippen LogP contribution is 2.56. The van der Waals surface area contributed by atoms with Crippen molar-refractivity contribution in [3.63, 3.8) is 0 Å². The number of likely N-dealkylation sites (tertiary alicyclic amines) is 2. The number of aromatic nitrogens is 2. The van der Waals surface area contributed by atoms with Crippen LogP contribution in [-0.2, 0) is 18.4 Å². The minimum atomic E-state index is -0.871. The molecule has 2 aliphatic heterocycles. The predicted molar refractivity (Wildman–Crippen MR) is 124 cm³/mol. The molecule has 2 aliphatic carbocycles. The predicted octanol–water partition coefficient (Wildman–Crippen LogP) is 2.65. The Morgan fingerprint density at radius 1 is 1.15 bits per heavy atom. The summed E-state index contributed by atoms with van der Waals surface area (Å²) < 4.78 is 15.8. The first-order valence-corrected chi connectivity index (χ1v) is 12.5. The number of aliphatic hydroxyl groups is 1. The van der Waals surface area contributed by atoms with E-state index >= 15 is 0 Å². The van der Waals surface area contributed by atoms with E-state index in [0.29, 0.717) is 12.8 Å². The van der Waals surface area contributed by atoms with E-state index in [1.54, 1.807) is 6.07 Å². The molecule has 3 heterocycles. The van der Waals surface area contributed by atoms with Gasteiger partial charge in [0.1, 0.15) is 11.9 Å². The van der Waals surface area contributed by atoms with Crippen LogP contribution >= 0.6 is 0 Å². The Kier molecular flexibility index (Phi) is 5.09. The third-order valence-electron chi connectivity index (χ3n) is 9.05. The Morgan fingerprint density at radius 3 is 2.70 bits per heavy atom. The molecule has 1 aromatic heterocycles. The monoisotopic (exact) mass is 454 g/mol. The first kappa shape index (κ1) is 21.6. The number of piperidine rings is 1. The van der Waals surface area contributed by atoms with Crippen molar-refractivity contribution < 1.29 is 14.6 Å². The number of alkyl halides is 1. The summed E-state index contributed by atoms with van der Waals surface area (Å²) in [6.07, 6.45) is 7.15. The maximum Gasteiger partial charge on any atom is 0.115 e. The van der Waals surface area contributed by atoms with Gasteiger partial charge in [-0.1, -0.05) is 6.07 Å². The number of halogens is 1. The van der Waals surface area contributed by atoms with Crippen LogP contribution in [-0.4, -0.2) is 80.3 Å². The van der Waals surface area contributed by atoms with E-state index in [1.807, 2.05) is 23.0 Å². The summed E-state index contributed by atoms with van der Waals surface area (Å²) in [4.78, 5) is 4.85. The molecule has 2 saturated heterocycles. The van der Waals surface area contributed by atoms with E-state index < -0.39 is 11.8 Å². The highest BCUT2D eigenvalue weighted by atomic mass is 19.1. The van der Waals surface area contributed by atoms with Crippen molar-refractivity contribution in [2.45, 2.75) is 68.8 Å². The SMILES string of the molecule is Cc1cnn(CCN2CC[C@]34CCN(C[C@@H]5C[C@@H]5F)[C@H](Cc5ccc(O)cc53)[C@]4(O)CC2)c1. The number of hydrogen-bond acceptors (Lipinski definition) is 5. The second-order valence-corrected chi connectivity index (χ2v) is 10.9. The summed E-state index contributed by atoms with van der Waals surface area (Å²) >= 11 is 0. The van der Waals surface area contributed by atoms with Crippen molar-refractivity contribution >= 4 is 0 Å². The van der Waals surface area contributed by atoms with Gasteiger partial charge in [-0.15, -0.1) is 0 Å². The number of rotatable bonds is 5. The van der Waals surface area contributed by atoms with Gasteiger partial charge in [0.25, 0.3) is 0 Å². The van der Waals surface area contributed by atoms with Crippen molar-refractivity contribution in [1.29, 1.82) is 0 Å². The Labute approximate surface area is 195 Å². The maximum atomic E-state index is 13.8. The summed E-state index contributed by atoms with van der Waals surface area (Å²) in [5, 5.41) is 27.3. The second-order valence-electron chi connectivity index (χ2n) is 10.9. The minimum Gasteiger partial charge on any atom is -0.508 e. The first-order valence-electron chi connectivity index (χ1n) is 12.5. The zero-order valence-electron chi connectivity index (χ0n) is 19.5. The van der Waals surface area contributed by atoms with Gasteiger partial charge in [-0.2, -0.15) is 5.10 Å². The molecule has 5 atom stereocenters. The largest absolute Gasteiger partial charge is 0.508 e. The van der Waals surface area contributed by atoms with Crippen LogP contribution in [0.2, 0.25) is 0 Å². The highest BCUT2D eigenvalue weighted by Gasteiger charge is 2.63.